The number of rotatable bonds is 9. The quantitative estimate of drug-likeness (QED) is 0.400. The fourth-order valence-electron chi connectivity index (χ4n) is 4.95. The molecule has 1 atom stereocenters. The van der Waals surface area contributed by atoms with E-state index in [0.717, 1.165) is 11.8 Å². The van der Waals surface area contributed by atoms with Crippen molar-refractivity contribution in [2.75, 3.05) is 26.2 Å². The predicted octanol–water partition coefficient (Wildman–Crippen LogP) is 6.77. The van der Waals surface area contributed by atoms with Crippen LogP contribution in [0.1, 0.15) is 76.7 Å². The molecule has 2 heterocycles. The highest BCUT2D eigenvalue weighted by molar-refractivity contribution is 5.85. The molecule has 1 aromatic rings. The first-order valence-corrected chi connectivity index (χ1v) is 11.4. The number of benzene rings is 1. The van der Waals surface area contributed by atoms with E-state index in [9.17, 15) is 0 Å². The lowest BCUT2D eigenvalue weighted by molar-refractivity contribution is -0.0760. The first kappa shape index (κ1) is 25.8. The van der Waals surface area contributed by atoms with Gasteiger partial charge in [-0.25, -0.2) is 10.0 Å². The molecule has 1 aromatic carbocycles. The molecule has 0 amide bonds. The van der Waals surface area contributed by atoms with E-state index < -0.39 is 0 Å². The Morgan fingerprint density at radius 1 is 0.786 bits per heavy atom. The molecule has 1 unspecified atom stereocenters. The van der Waals surface area contributed by atoms with Crippen LogP contribution >= 0.6 is 24.8 Å². The third-order valence-electron chi connectivity index (χ3n) is 6.63. The van der Waals surface area contributed by atoms with Gasteiger partial charge >= 0.3 is 0 Å². The average Bonchev–Trinajstić information content (AvgIpc) is 2.70. The maximum atomic E-state index is 2.72. The van der Waals surface area contributed by atoms with Gasteiger partial charge in [0.2, 0.25) is 0 Å². The van der Waals surface area contributed by atoms with Crippen molar-refractivity contribution >= 4 is 24.8 Å². The summed E-state index contributed by atoms with van der Waals surface area (Å²) in [5.74, 6) is 1.92. The summed E-state index contributed by atoms with van der Waals surface area (Å²) in [5, 5.41) is 5.43. The summed E-state index contributed by atoms with van der Waals surface area (Å²) < 4.78 is 0. The second-order valence-corrected chi connectivity index (χ2v) is 8.69. The Balaban J connectivity index is 0.00000196. The summed E-state index contributed by atoms with van der Waals surface area (Å²) in [6.45, 7) is 7.57. The Labute approximate surface area is 186 Å². The lowest BCUT2D eigenvalue weighted by atomic mass is 9.90. The van der Waals surface area contributed by atoms with Crippen molar-refractivity contribution in [3.8, 4) is 0 Å². The SMILES string of the molecule is CCCCCC1CCCN(N2CCC(CCCc3ccccc3)CC2)C1.Cl.Cl. The van der Waals surface area contributed by atoms with Gasteiger partial charge in [0.15, 0.2) is 0 Å². The molecule has 162 valence electrons. The minimum absolute atomic E-state index is 0. The molecule has 2 fully saturated rings. The highest BCUT2D eigenvalue weighted by Crippen LogP contribution is 2.28. The average molecular weight is 430 g/mol. The van der Waals surface area contributed by atoms with Crippen LogP contribution in [-0.2, 0) is 6.42 Å². The van der Waals surface area contributed by atoms with Gasteiger partial charge < -0.3 is 0 Å². The van der Waals surface area contributed by atoms with Crippen LogP contribution in [0.4, 0.5) is 0 Å². The van der Waals surface area contributed by atoms with Gasteiger partial charge in [0.1, 0.15) is 0 Å². The van der Waals surface area contributed by atoms with Crippen LogP contribution in [-0.4, -0.2) is 36.2 Å². The highest BCUT2D eigenvalue weighted by Gasteiger charge is 2.27. The Morgan fingerprint density at radius 2 is 1.50 bits per heavy atom. The number of piperidine rings is 2. The number of halogens is 2. The lowest BCUT2D eigenvalue weighted by Gasteiger charge is -2.44. The number of hydrogen-bond acceptors (Lipinski definition) is 2. The normalized spacial score (nSPS) is 21.7. The largest absolute Gasteiger partial charge is 0.242 e. The van der Waals surface area contributed by atoms with E-state index in [1.807, 2.05) is 0 Å². The highest BCUT2D eigenvalue weighted by atomic mass is 35.5. The van der Waals surface area contributed by atoms with Gasteiger partial charge in [-0.05, 0) is 62.3 Å². The first-order chi connectivity index (χ1) is 12.8. The summed E-state index contributed by atoms with van der Waals surface area (Å²) in [7, 11) is 0. The van der Waals surface area contributed by atoms with Gasteiger partial charge in [0.05, 0.1) is 0 Å². The minimum atomic E-state index is 0. The minimum Gasteiger partial charge on any atom is -0.242 e. The van der Waals surface area contributed by atoms with Crippen LogP contribution in [0, 0.1) is 11.8 Å². The molecule has 0 aliphatic carbocycles. The van der Waals surface area contributed by atoms with Crippen LogP contribution in [0.2, 0.25) is 0 Å². The molecule has 0 saturated carbocycles. The second kappa shape index (κ2) is 14.7. The predicted molar refractivity (Wildman–Crippen MR) is 127 cm³/mol. The molecule has 28 heavy (non-hydrogen) atoms. The van der Waals surface area contributed by atoms with Crippen molar-refractivity contribution in [1.82, 2.24) is 10.0 Å². The third-order valence-corrected chi connectivity index (χ3v) is 6.63. The maximum Gasteiger partial charge on any atom is 0.0161 e. The van der Waals surface area contributed by atoms with Gasteiger partial charge in [-0.15, -0.1) is 24.8 Å². The summed E-state index contributed by atoms with van der Waals surface area (Å²) in [6, 6.07) is 11.0. The van der Waals surface area contributed by atoms with Gasteiger partial charge in [0.25, 0.3) is 0 Å². The van der Waals surface area contributed by atoms with Crippen LogP contribution in [0.25, 0.3) is 0 Å². The van der Waals surface area contributed by atoms with Gasteiger partial charge in [0, 0.05) is 26.2 Å². The number of nitrogens with zero attached hydrogens (tertiary/aromatic N) is 2. The van der Waals surface area contributed by atoms with Gasteiger partial charge in [-0.2, -0.15) is 0 Å². The van der Waals surface area contributed by atoms with E-state index >= 15 is 0 Å². The van der Waals surface area contributed by atoms with Crippen LogP contribution in [0.3, 0.4) is 0 Å². The number of unbranched alkanes of at least 4 members (excludes halogenated alkanes) is 2. The second-order valence-electron chi connectivity index (χ2n) is 8.69. The fraction of sp³-hybridized carbons (Fsp3) is 0.750. The van der Waals surface area contributed by atoms with Crippen molar-refractivity contribution < 1.29 is 0 Å². The van der Waals surface area contributed by atoms with Crippen LogP contribution < -0.4 is 0 Å². The Hall–Kier alpha value is -0.280. The first-order valence-electron chi connectivity index (χ1n) is 11.4. The monoisotopic (exact) mass is 428 g/mol. The smallest absolute Gasteiger partial charge is 0.0161 e. The molecule has 0 spiro atoms. The maximum absolute atomic E-state index is 2.72. The molecular weight excluding hydrogens is 387 g/mol. The van der Waals surface area contributed by atoms with E-state index in [1.54, 1.807) is 0 Å². The summed E-state index contributed by atoms with van der Waals surface area (Å²) in [5.41, 5.74) is 1.51. The molecule has 2 aliphatic heterocycles. The Bertz CT molecular complexity index is 489. The summed E-state index contributed by atoms with van der Waals surface area (Å²) >= 11 is 0. The number of aryl methyl sites for hydroxylation is 1. The third kappa shape index (κ3) is 8.61. The van der Waals surface area contributed by atoms with Gasteiger partial charge in [-0.3, -0.25) is 0 Å². The van der Waals surface area contributed by atoms with Crippen molar-refractivity contribution in [3.05, 3.63) is 35.9 Å². The zero-order chi connectivity index (χ0) is 18.0. The zero-order valence-corrected chi connectivity index (χ0v) is 19.5. The number of hydrazine groups is 1. The Morgan fingerprint density at radius 3 is 2.21 bits per heavy atom. The van der Waals surface area contributed by atoms with E-state index in [2.05, 4.69) is 47.3 Å². The summed E-state index contributed by atoms with van der Waals surface area (Å²) in [4.78, 5) is 0. The zero-order valence-electron chi connectivity index (χ0n) is 17.9. The fourth-order valence-corrected chi connectivity index (χ4v) is 4.95. The van der Waals surface area contributed by atoms with Gasteiger partial charge in [-0.1, -0.05) is 62.9 Å². The van der Waals surface area contributed by atoms with E-state index in [-0.39, 0.29) is 24.8 Å². The van der Waals surface area contributed by atoms with E-state index in [0.29, 0.717) is 0 Å². The van der Waals surface area contributed by atoms with Crippen LogP contribution in [0.5, 0.6) is 0 Å². The molecular formula is C24H42Cl2N2. The molecule has 3 rings (SSSR count). The molecule has 4 heteroatoms. The molecule has 2 saturated heterocycles. The molecule has 0 N–H and O–H groups in total. The van der Waals surface area contributed by atoms with E-state index in [1.165, 1.54) is 102 Å². The number of hydrogen-bond donors (Lipinski definition) is 0. The standard InChI is InChI=1S/C24H40N2.2ClH/c1-2-3-5-12-24-15-9-18-26(21-24)25-19-16-23(17-20-25)14-8-13-22-10-6-4-7-11-22;;/h4,6-7,10-11,23-24H,2-3,5,8-9,12-21H2,1H3;2*1H. The Kier molecular flexibility index (Phi) is 13.5. The molecule has 2 aliphatic rings. The molecule has 0 radical (unpaired) electrons. The molecule has 0 bridgehead atoms. The summed E-state index contributed by atoms with van der Waals surface area (Å²) in [6.07, 6.45) is 15.4. The van der Waals surface area contributed by atoms with Crippen molar-refractivity contribution in [3.63, 3.8) is 0 Å². The molecule has 0 aromatic heterocycles. The topological polar surface area (TPSA) is 6.48 Å². The molecule has 2 nitrogen and oxygen atoms in total. The lowest BCUT2D eigenvalue weighted by Crippen LogP contribution is -2.51. The van der Waals surface area contributed by atoms with Crippen molar-refractivity contribution in [1.29, 1.82) is 0 Å². The van der Waals surface area contributed by atoms with Crippen LogP contribution in [0.15, 0.2) is 30.3 Å². The van der Waals surface area contributed by atoms with Crippen molar-refractivity contribution in [2.24, 2.45) is 11.8 Å². The van der Waals surface area contributed by atoms with E-state index in [4.69, 9.17) is 0 Å². The van der Waals surface area contributed by atoms with Crippen molar-refractivity contribution in [2.45, 2.75) is 77.6 Å².